The van der Waals surface area contributed by atoms with Crippen LogP contribution in [0.25, 0.3) is 0 Å². The first-order valence-electron chi connectivity index (χ1n) is 6.27. The van der Waals surface area contributed by atoms with E-state index in [-0.39, 0.29) is 0 Å². The second-order valence-corrected chi connectivity index (χ2v) is 4.07. The number of rotatable bonds is 6. The lowest BCUT2D eigenvalue weighted by Gasteiger charge is -2.16. The molecule has 0 amide bonds. The van der Waals surface area contributed by atoms with Gasteiger partial charge in [-0.3, -0.25) is 4.99 Å². The summed E-state index contributed by atoms with van der Waals surface area (Å²) in [4.78, 5) is 4.18. The van der Waals surface area contributed by atoms with E-state index in [0.29, 0.717) is 12.5 Å². The van der Waals surface area contributed by atoms with E-state index in [9.17, 15) is 0 Å². The van der Waals surface area contributed by atoms with Crippen LogP contribution in [0.5, 0.6) is 0 Å². The van der Waals surface area contributed by atoms with Gasteiger partial charge in [0.2, 0.25) is 0 Å². The summed E-state index contributed by atoms with van der Waals surface area (Å²) in [5.74, 6) is 2.45. The Kier molecular flexibility index (Phi) is 6.22. The van der Waals surface area contributed by atoms with Crippen molar-refractivity contribution in [2.24, 2.45) is 10.9 Å². The van der Waals surface area contributed by atoms with Gasteiger partial charge in [0.15, 0.2) is 5.96 Å². The summed E-state index contributed by atoms with van der Waals surface area (Å²) in [6.45, 7) is 6.06. The van der Waals surface area contributed by atoms with Crippen molar-refractivity contribution in [3.63, 3.8) is 0 Å². The molecule has 2 N–H and O–H groups in total. The molecule has 0 bridgehead atoms. The van der Waals surface area contributed by atoms with E-state index in [4.69, 9.17) is 4.42 Å². The van der Waals surface area contributed by atoms with Crippen LogP contribution >= 0.6 is 0 Å². The van der Waals surface area contributed by atoms with E-state index >= 15 is 0 Å². The van der Waals surface area contributed by atoms with Gasteiger partial charge in [-0.15, -0.1) is 0 Å². The van der Waals surface area contributed by atoms with Crippen molar-refractivity contribution in [1.82, 2.24) is 10.6 Å². The molecule has 1 rings (SSSR count). The van der Waals surface area contributed by atoms with Crippen LogP contribution in [0.15, 0.2) is 27.8 Å². The first-order valence-corrected chi connectivity index (χ1v) is 6.27. The summed E-state index contributed by atoms with van der Waals surface area (Å²) in [5.41, 5.74) is 0. The normalized spacial score (nSPS) is 11.9. The summed E-state index contributed by atoms with van der Waals surface area (Å²) in [6, 6.07) is 3.83. The van der Waals surface area contributed by atoms with Crippen LogP contribution in [0, 0.1) is 5.92 Å². The lowest BCUT2D eigenvalue weighted by molar-refractivity contribution is 0.476. The average molecular weight is 237 g/mol. The fourth-order valence-corrected chi connectivity index (χ4v) is 1.62. The van der Waals surface area contributed by atoms with Crippen molar-refractivity contribution in [1.29, 1.82) is 0 Å². The molecule has 0 spiro atoms. The Morgan fingerprint density at radius 1 is 1.35 bits per heavy atom. The molecule has 0 aromatic carbocycles. The molecule has 0 fully saturated rings. The molecule has 17 heavy (non-hydrogen) atoms. The van der Waals surface area contributed by atoms with Gasteiger partial charge in [-0.1, -0.05) is 26.7 Å². The highest BCUT2D eigenvalue weighted by atomic mass is 16.3. The van der Waals surface area contributed by atoms with E-state index in [2.05, 4.69) is 29.5 Å². The van der Waals surface area contributed by atoms with Crippen molar-refractivity contribution in [2.45, 2.75) is 33.2 Å². The number of nitrogens with one attached hydrogen (secondary N) is 2. The van der Waals surface area contributed by atoms with Crippen LogP contribution in [0.2, 0.25) is 0 Å². The fourth-order valence-electron chi connectivity index (χ4n) is 1.62. The van der Waals surface area contributed by atoms with E-state index in [1.165, 1.54) is 12.8 Å². The Labute approximate surface area is 104 Å². The highest BCUT2D eigenvalue weighted by Gasteiger charge is 2.05. The molecule has 1 aromatic rings. The minimum atomic E-state index is 0.662. The maximum absolute atomic E-state index is 5.25. The molecule has 0 saturated carbocycles. The Morgan fingerprint density at radius 3 is 2.65 bits per heavy atom. The Hall–Kier alpha value is -1.45. The summed E-state index contributed by atoms with van der Waals surface area (Å²) in [5, 5.41) is 6.55. The van der Waals surface area contributed by atoms with Gasteiger partial charge >= 0.3 is 0 Å². The SMILES string of the molecule is CCC(CC)CNC(=NC)NCc1ccco1. The molecule has 0 aliphatic heterocycles. The molecular formula is C13H23N3O. The molecule has 4 heteroatoms. The summed E-state index contributed by atoms with van der Waals surface area (Å²) >= 11 is 0. The van der Waals surface area contributed by atoms with Gasteiger partial charge in [-0.25, -0.2) is 0 Å². The number of nitrogens with zero attached hydrogens (tertiary/aromatic N) is 1. The number of hydrogen-bond acceptors (Lipinski definition) is 2. The molecule has 96 valence electrons. The van der Waals surface area contributed by atoms with Crippen LogP contribution < -0.4 is 10.6 Å². The summed E-state index contributed by atoms with van der Waals surface area (Å²) in [6.07, 6.45) is 4.06. The van der Waals surface area contributed by atoms with Crippen LogP contribution in [0.4, 0.5) is 0 Å². The van der Waals surface area contributed by atoms with Gasteiger partial charge in [0.1, 0.15) is 5.76 Å². The van der Waals surface area contributed by atoms with E-state index in [0.717, 1.165) is 18.3 Å². The minimum Gasteiger partial charge on any atom is -0.467 e. The van der Waals surface area contributed by atoms with Gasteiger partial charge in [-0.05, 0) is 18.1 Å². The maximum Gasteiger partial charge on any atom is 0.191 e. The third-order valence-corrected chi connectivity index (χ3v) is 2.95. The highest BCUT2D eigenvalue weighted by molar-refractivity contribution is 5.79. The highest BCUT2D eigenvalue weighted by Crippen LogP contribution is 2.05. The molecule has 1 aromatic heterocycles. The zero-order valence-corrected chi connectivity index (χ0v) is 11.0. The standard InChI is InChI=1S/C13H23N3O/c1-4-11(5-2)9-15-13(14-3)16-10-12-7-6-8-17-12/h6-8,11H,4-5,9-10H2,1-3H3,(H2,14,15,16). The number of hydrogen-bond donors (Lipinski definition) is 2. The van der Waals surface area contributed by atoms with Crippen LogP contribution in [0.3, 0.4) is 0 Å². The van der Waals surface area contributed by atoms with Crippen molar-refractivity contribution in [3.8, 4) is 0 Å². The van der Waals surface area contributed by atoms with Crippen LogP contribution in [0.1, 0.15) is 32.4 Å². The van der Waals surface area contributed by atoms with Gasteiger partial charge in [0.05, 0.1) is 12.8 Å². The Balaban J connectivity index is 2.29. The largest absolute Gasteiger partial charge is 0.467 e. The van der Waals surface area contributed by atoms with Crippen LogP contribution in [-0.4, -0.2) is 19.6 Å². The van der Waals surface area contributed by atoms with Gasteiger partial charge < -0.3 is 15.1 Å². The second-order valence-electron chi connectivity index (χ2n) is 4.07. The monoisotopic (exact) mass is 237 g/mol. The summed E-state index contributed by atoms with van der Waals surface area (Å²) < 4.78 is 5.25. The number of furan rings is 1. The molecule has 0 unspecified atom stereocenters. The predicted molar refractivity (Wildman–Crippen MR) is 71.0 cm³/mol. The molecule has 1 heterocycles. The molecule has 0 aliphatic rings. The Morgan fingerprint density at radius 2 is 2.12 bits per heavy atom. The molecule has 0 atom stereocenters. The first kappa shape index (κ1) is 13.6. The molecular weight excluding hydrogens is 214 g/mol. The Bertz CT molecular complexity index is 315. The van der Waals surface area contributed by atoms with Gasteiger partial charge in [-0.2, -0.15) is 0 Å². The second kappa shape index (κ2) is 7.76. The topological polar surface area (TPSA) is 49.6 Å². The zero-order chi connectivity index (χ0) is 12.5. The van der Waals surface area contributed by atoms with Crippen molar-refractivity contribution in [3.05, 3.63) is 24.2 Å². The first-order chi connectivity index (χ1) is 8.30. The third-order valence-electron chi connectivity index (χ3n) is 2.95. The minimum absolute atomic E-state index is 0.662. The van der Waals surface area contributed by atoms with Crippen molar-refractivity contribution < 1.29 is 4.42 Å². The smallest absolute Gasteiger partial charge is 0.191 e. The van der Waals surface area contributed by atoms with Crippen molar-refractivity contribution >= 4 is 5.96 Å². The summed E-state index contributed by atoms with van der Waals surface area (Å²) in [7, 11) is 1.78. The van der Waals surface area contributed by atoms with E-state index < -0.39 is 0 Å². The maximum atomic E-state index is 5.25. The van der Waals surface area contributed by atoms with E-state index in [1.807, 2.05) is 12.1 Å². The molecule has 4 nitrogen and oxygen atoms in total. The molecule has 0 radical (unpaired) electrons. The lowest BCUT2D eigenvalue weighted by atomic mass is 10.0. The third kappa shape index (κ3) is 4.93. The van der Waals surface area contributed by atoms with Gasteiger partial charge in [0, 0.05) is 13.6 Å². The molecule has 0 aliphatic carbocycles. The quantitative estimate of drug-likeness (QED) is 0.590. The molecule has 0 saturated heterocycles. The lowest BCUT2D eigenvalue weighted by Crippen LogP contribution is -2.39. The van der Waals surface area contributed by atoms with Crippen molar-refractivity contribution in [2.75, 3.05) is 13.6 Å². The number of guanidine groups is 1. The zero-order valence-electron chi connectivity index (χ0n) is 11.0. The fraction of sp³-hybridized carbons (Fsp3) is 0.615. The number of aliphatic imine (C=N–C) groups is 1. The predicted octanol–water partition coefficient (Wildman–Crippen LogP) is 2.38. The average Bonchev–Trinajstić information content (AvgIpc) is 2.87. The van der Waals surface area contributed by atoms with Crippen LogP contribution in [-0.2, 0) is 6.54 Å². The van der Waals surface area contributed by atoms with Gasteiger partial charge in [0.25, 0.3) is 0 Å². The van der Waals surface area contributed by atoms with E-state index in [1.54, 1.807) is 13.3 Å².